The average Bonchev–Trinajstić information content (AvgIpc) is 3.04. The number of H-pyrrole nitrogens is 1. The molecule has 0 fully saturated rings. The summed E-state index contributed by atoms with van der Waals surface area (Å²) < 4.78 is 5.12. The molecule has 26 heavy (non-hydrogen) atoms. The summed E-state index contributed by atoms with van der Waals surface area (Å²) in [7, 11) is 1.63. The van der Waals surface area contributed by atoms with E-state index in [4.69, 9.17) is 4.74 Å². The second-order valence-corrected chi connectivity index (χ2v) is 6.47. The minimum atomic E-state index is 0. The molecule has 1 heterocycles. The molecule has 0 aliphatic carbocycles. The highest BCUT2D eigenvalue weighted by Gasteiger charge is 2.12. The fourth-order valence-electron chi connectivity index (χ4n) is 3.15. The number of benzene rings is 2. The lowest BCUT2D eigenvalue weighted by Gasteiger charge is -2.10. The van der Waals surface area contributed by atoms with E-state index >= 15 is 0 Å². The molecule has 1 unspecified atom stereocenters. The number of carbonyl (C=O) groups is 1. The van der Waals surface area contributed by atoms with Gasteiger partial charge >= 0.3 is 0 Å². The van der Waals surface area contributed by atoms with Crippen molar-refractivity contribution in [3.8, 4) is 5.75 Å². The number of nitrogens with one attached hydrogen (secondary N) is 1. The third-order valence-electron chi connectivity index (χ3n) is 4.57. The Morgan fingerprint density at radius 1 is 1.15 bits per heavy atom. The molecule has 3 N–H and O–H groups in total. The van der Waals surface area contributed by atoms with Crippen LogP contribution in [0, 0.1) is 0 Å². The number of Topliss-reactive ketones (excluding diaryl/α,β-unsaturated/α-hetero) is 1. The number of ketones is 1. The fourth-order valence-corrected chi connectivity index (χ4v) is 3.15. The smallest absolute Gasteiger partial charge is 0.168 e. The van der Waals surface area contributed by atoms with Gasteiger partial charge in [0.15, 0.2) is 5.78 Å². The van der Waals surface area contributed by atoms with Crippen molar-refractivity contribution in [2.75, 3.05) is 13.7 Å². The first kappa shape index (κ1) is 20.0. The van der Waals surface area contributed by atoms with Crippen LogP contribution in [0.1, 0.15) is 29.3 Å². The minimum Gasteiger partial charge on any atom is -1.00 e. The van der Waals surface area contributed by atoms with E-state index in [2.05, 4.69) is 41.6 Å². The van der Waals surface area contributed by atoms with E-state index in [0.29, 0.717) is 12.5 Å². The molecule has 0 amide bonds. The molecular weight excluding hydrogens is 348 g/mol. The van der Waals surface area contributed by atoms with Crippen LogP contribution in [0.15, 0.2) is 54.7 Å². The van der Waals surface area contributed by atoms with Gasteiger partial charge in [-0.3, -0.25) is 4.79 Å². The number of hydrogen-bond acceptors (Lipinski definition) is 2. The Hall–Kier alpha value is -2.30. The van der Waals surface area contributed by atoms with Crippen LogP contribution in [0.2, 0.25) is 0 Å². The molecule has 1 aromatic heterocycles. The number of carbonyl (C=O) groups excluding carboxylic acids is 1. The van der Waals surface area contributed by atoms with Crippen LogP contribution >= 0.6 is 0 Å². The number of hydrogen-bond donors (Lipinski definition) is 2. The maximum absolute atomic E-state index is 12.3. The molecule has 3 rings (SSSR count). The molecule has 0 aliphatic heterocycles. The molecular formula is C21H25ClN2O2. The van der Waals surface area contributed by atoms with Crippen molar-refractivity contribution in [2.45, 2.75) is 25.8 Å². The van der Waals surface area contributed by atoms with Gasteiger partial charge in [-0.2, -0.15) is 0 Å². The van der Waals surface area contributed by atoms with Gasteiger partial charge in [0.05, 0.1) is 26.1 Å². The minimum absolute atomic E-state index is 0. The summed E-state index contributed by atoms with van der Waals surface area (Å²) in [4.78, 5) is 15.6. The zero-order chi connectivity index (χ0) is 17.6. The standard InChI is InChI=1S/C21H24N2O2.ClH/c1-15(13-17-14-23-20-6-4-3-5-19(17)20)22-12-11-21(24)16-7-9-18(25-2)10-8-16;/h3-10,14-15,22-23H,11-13H2,1-2H3;1H. The Labute approximate surface area is 160 Å². The fraction of sp³-hybridized carbons (Fsp3) is 0.286. The highest BCUT2D eigenvalue weighted by atomic mass is 35.5. The third kappa shape index (κ3) is 4.87. The zero-order valence-electron chi connectivity index (χ0n) is 15.2. The van der Waals surface area contributed by atoms with Crippen LogP contribution < -0.4 is 22.5 Å². The van der Waals surface area contributed by atoms with E-state index in [-0.39, 0.29) is 18.2 Å². The number of aromatic nitrogens is 1. The van der Waals surface area contributed by atoms with Crippen LogP contribution in [-0.4, -0.2) is 30.5 Å². The monoisotopic (exact) mass is 372 g/mol. The normalized spacial score (nSPS) is 11.8. The molecule has 5 heteroatoms. The molecule has 0 saturated carbocycles. The predicted molar refractivity (Wildman–Crippen MR) is 100 cm³/mol. The largest absolute Gasteiger partial charge is 1.00 e. The summed E-state index contributed by atoms with van der Waals surface area (Å²) in [6.45, 7) is 3.01. The Kier molecular flexibility index (Phi) is 7.25. The first-order valence-corrected chi connectivity index (χ1v) is 8.73. The second-order valence-electron chi connectivity index (χ2n) is 6.47. The van der Waals surface area contributed by atoms with Crippen LogP contribution in [0.3, 0.4) is 0 Å². The Bertz CT molecular complexity index is 843. The van der Waals surface area contributed by atoms with Gasteiger partial charge in [-0.1, -0.05) is 18.2 Å². The quantitative estimate of drug-likeness (QED) is 0.545. The number of ether oxygens (including phenoxy) is 1. The van der Waals surface area contributed by atoms with Crippen LogP contribution in [0.25, 0.3) is 10.9 Å². The number of fused-ring (bicyclic) bond motifs is 1. The van der Waals surface area contributed by atoms with Gasteiger partial charge in [0.25, 0.3) is 0 Å². The Morgan fingerprint density at radius 3 is 2.62 bits per heavy atom. The molecule has 0 radical (unpaired) electrons. The van der Waals surface area contributed by atoms with E-state index in [9.17, 15) is 4.79 Å². The molecule has 0 aliphatic rings. The van der Waals surface area contributed by atoms with E-state index in [1.807, 2.05) is 30.3 Å². The third-order valence-corrected chi connectivity index (χ3v) is 4.57. The first-order chi connectivity index (χ1) is 12.2. The number of methoxy groups -OCH3 is 1. The molecule has 0 spiro atoms. The average molecular weight is 373 g/mol. The van der Waals surface area contributed by atoms with Crippen LogP contribution in [0.4, 0.5) is 0 Å². The Morgan fingerprint density at radius 2 is 1.88 bits per heavy atom. The number of aromatic amines is 1. The summed E-state index contributed by atoms with van der Waals surface area (Å²) in [5, 5.41) is 3.54. The number of para-hydroxylation sites is 1. The highest BCUT2D eigenvalue weighted by molar-refractivity contribution is 5.96. The molecule has 3 aromatic rings. The number of quaternary nitrogens is 1. The SMILES string of the molecule is COc1ccc(C(=O)CC[NH2+]C(C)Cc2c[nH]c3ccccc23)cc1.[Cl-]. The number of rotatable bonds is 8. The summed E-state index contributed by atoms with van der Waals surface area (Å²) in [6.07, 6.45) is 3.63. The molecule has 4 nitrogen and oxygen atoms in total. The van der Waals surface area contributed by atoms with Crippen molar-refractivity contribution in [3.05, 3.63) is 65.9 Å². The number of halogens is 1. The topological polar surface area (TPSA) is 58.7 Å². The lowest BCUT2D eigenvalue weighted by molar-refractivity contribution is -0.684. The molecule has 1 atom stereocenters. The van der Waals surface area contributed by atoms with Gasteiger partial charge < -0.3 is 27.4 Å². The van der Waals surface area contributed by atoms with Gasteiger partial charge in [-0.25, -0.2) is 0 Å². The molecule has 138 valence electrons. The van der Waals surface area contributed by atoms with Crippen molar-refractivity contribution in [1.29, 1.82) is 0 Å². The lowest BCUT2D eigenvalue weighted by atomic mass is 10.1. The molecule has 0 saturated heterocycles. The maximum atomic E-state index is 12.3. The number of nitrogens with two attached hydrogens (primary N) is 1. The van der Waals surface area contributed by atoms with Crippen LogP contribution in [-0.2, 0) is 6.42 Å². The Balaban J connectivity index is 0.00000243. The van der Waals surface area contributed by atoms with Crippen molar-refractivity contribution < 1.29 is 27.3 Å². The van der Waals surface area contributed by atoms with Gasteiger partial charge in [0.2, 0.25) is 0 Å². The van der Waals surface area contributed by atoms with Crippen molar-refractivity contribution in [2.24, 2.45) is 0 Å². The van der Waals surface area contributed by atoms with Gasteiger partial charge in [0.1, 0.15) is 5.75 Å². The second kappa shape index (κ2) is 9.41. The summed E-state index contributed by atoms with van der Waals surface area (Å²) in [6, 6.07) is 16.1. The summed E-state index contributed by atoms with van der Waals surface area (Å²) >= 11 is 0. The predicted octanol–water partition coefficient (Wildman–Crippen LogP) is -0.0521. The van der Waals surface area contributed by atoms with Crippen LogP contribution in [0.5, 0.6) is 5.75 Å². The van der Waals surface area contributed by atoms with E-state index in [1.54, 1.807) is 7.11 Å². The zero-order valence-corrected chi connectivity index (χ0v) is 15.9. The summed E-state index contributed by atoms with van der Waals surface area (Å²) in [5.41, 5.74) is 3.26. The van der Waals surface area contributed by atoms with Crippen molar-refractivity contribution in [1.82, 2.24) is 4.98 Å². The van der Waals surface area contributed by atoms with Crippen molar-refractivity contribution in [3.63, 3.8) is 0 Å². The lowest BCUT2D eigenvalue weighted by Crippen LogP contribution is -3.00. The molecule has 2 aromatic carbocycles. The molecule has 0 bridgehead atoms. The van der Waals surface area contributed by atoms with E-state index < -0.39 is 0 Å². The van der Waals surface area contributed by atoms with E-state index in [1.165, 1.54) is 16.5 Å². The summed E-state index contributed by atoms with van der Waals surface area (Å²) in [5.74, 6) is 0.952. The van der Waals surface area contributed by atoms with Gasteiger partial charge in [-0.05, 0) is 42.8 Å². The van der Waals surface area contributed by atoms with E-state index in [0.717, 1.165) is 24.3 Å². The highest BCUT2D eigenvalue weighted by Crippen LogP contribution is 2.18. The van der Waals surface area contributed by atoms with Gasteiger partial charge in [-0.15, -0.1) is 0 Å². The first-order valence-electron chi connectivity index (χ1n) is 8.73. The van der Waals surface area contributed by atoms with Crippen molar-refractivity contribution >= 4 is 16.7 Å². The maximum Gasteiger partial charge on any atom is 0.168 e. The van der Waals surface area contributed by atoms with Gasteiger partial charge in [0, 0.05) is 29.1 Å².